The number of benzene rings is 1. The maximum Gasteiger partial charge on any atom is 0.146 e. The molecule has 1 aromatic carbocycles. The smallest absolute Gasteiger partial charge is 0.146 e. The molecule has 1 heterocycles. The van der Waals surface area contributed by atoms with E-state index >= 15 is 0 Å². The summed E-state index contributed by atoms with van der Waals surface area (Å²) in [6.07, 6.45) is 3.13. The van der Waals surface area contributed by atoms with E-state index in [4.69, 9.17) is 21.3 Å². The molecule has 2 atom stereocenters. The van der Waals surface area contributed by atoms with Crippen LogP contribution in [0.3, 0.4) is 0 Å². The fraction of sp³-hybridized carbons (Fsp3) is 0.588. The molecule has 0 aliphatic heterocycles. The van der Waals surface area contributed by atoms with Gasteiger partial charge in [0.2, 0.25) is 0 Å². The lowest BCUT2D eigenvalue weighted by Crippen LogP contribution is -2.13. The number of alkyl halides is 1. The third-order valence-electron chi connectivity index (χ3n) is 4.18. The zero-order valence-electron chi connectivity index (χ0n) is 13.4. The van der Waals surface area contributed by atoms with Crippen LogP contribution in [0.4, 0.5) is 0 Å². The van der Waals surface area contributed by atoms with E-state index in [9.17, 15) is 0 Å². The Morgan fingerprint density at radius 3 is 2.71 bits per heavy atom. The fourth-order valence-corrected chi connectivity index (χ4v) is 3.08. The standard InChI is InChI=1S/C17H25ClN2O/c1-5-12(2)11-13(3)20-14-7-6-8-15(21-4)17(14)19-16(20)9-10-18/h6-8,12-13H,5,9-11H2,1-4H3. The quantitative estimate of drug-likeness (QED) is 0.685. The summed E-state index contributed by atoms with van der Waals surface area (Å²) in [5.41, 5.74) is 2.08. The van der Waals surface area contributed by atoms with Gasteiger partial charge in [-0.1, -0.05) is 26.3 Å². The van der Waals surface area contributed by atoms with Crippen molar-refractivity contribution in [2.24, 2.45) is 5.92 Å². The molecule has 0 aliphatic carbocycles. The Morgan fingerprint density at radius 1 is 1.33 bits per heavy atom. The molecule has 0 N–H and O–H groups in total. The second-order valence-electron chi connectivity index (χ2n) is 5.76. The first-order valence-electron chi connectivity index (χ1n) is 7.72. The van der Waals surface area contributed by atoms with Crippen molar-refractivity contribution in [1.82, 2.24) is 9.55 Å². The van der Waals surface area contributed by atoms with Crippen LogP contribution < -0.4 is 4.74 Å². The Labute approximate surface area is 132 Å². The van der Waals surface area contributed by atoms with Gasteiger partial charge in [-0.15, -0.1) is 11.6 Å². The van der Waals surface area contributed by atoms with Gasteiger partial charge in [0.15, 0.2) is 0 Å². The van der Waals surface area contributed by atoms with Crippen molar-refractivity contribution in [3.05, 3.63) is 24.0 Å². The second-order valence-corrected chi connectivity index (χ2v) is 6.14. The maximum absolute atomic E-state index is 5.96. The summed E-state index contributed by atoms with van der Waals surface area (Å²) >= 11 is 5.96. The number of nitrogens with zero attached hydrogens (tertiary/aromatic N) is 2. The average molecular weight is 309 g/mol. The summed E-state index contributed by atoms with van der Waals surface area (Å²) < 4.78 is 7.79. The van der Waals surface area contributed by atoms with Crippen molar-refractivity contribution >= 4 is 22.6 Å². The van der Waals surface area contributed by atoms with Gasteiger partial charge >= 0.3 is 0 Å². The largest absolute Gasteiger partial charge is 0.494 e. The first kappa shape index (κ1) is 16.2. The summed E-state index contributed by atoms with van der Waals surface area (Å²) in [5, 5.41) is 0. The van der Waals surface area contributed by atoms with Crippen molar-refractivity contribution in [2.45, 2.75) is 46.1 Å². The molecule has 3 nitrogen and oxygen atoms in total. The molecule has 2 unspecified atom stereocenters. The maximum atomic E-state index is 5.96. The Bertz CT molecular complexity index is 594. The molecule has 2 aromatic rings. The summed E-state index contributed by atoms with van der Waals surface area (Å²) in [6, 6.07) is 6.52. The molecule has 21 heavy (non-hydrogen) atoms. The molecule has 116 valence electrons. The lowest BCUT2D eigenvalue weighted by Gasteiger charge is -2.20. The number of halogens is 1. The Hall–Kier alpha value is -1.22. The number of ether oxygens (including phenoxy) is 1. The van der Waals surface area contributed by atoms with Crippen molar-refractivity contribution in [3.63, 3.8) is 0 Å². The van der Waals surface area contributed by atoms with Crippen LogP contribution in [-0.4, -0.2) is 22.5 Å². The van der Waals surface area contributed by atoms with Crippen molar-refractivity contribution in [1.29, 1.82) is 0 Å². The second kappa shape index (κ2) is 7.17. The van der Waals surface area contributed by atoms with E-state index in [2.05, 4.69) is 31.4 Å². The number of para-hydroxylation sites is 1. The number of methoxy groups -OCH3 is 1. The van der Waals surface area contributed by atoms with Crippen molar-refractivity contribution in [2.75, 3.05) is 13.0 Å². The highest BCUT2D eigenvalue weighted by Gasteiger charge is 2.19. The molecule has 2 rings (SSSR count). The first-order chi connectivity index (χ1) is 10.1. The van der Waals surface area contributed by atoms with Gasteiger partial charge in [0, 0.05) is 18.3 Å². The molecule has 0 amide bonds. The van der Waals surface area contributed by atoms with Gasteiger partial charge in [0.05, 0.1) is 12.6 Å². The predicted octanol–water partition coefficient (Wildman–Crippen LogP) is 4.82. The molecule has 4 heteroatoms. The first-order valence-corrected chi connectivity index (χ1v) is 8.25. The lowest BCUT2D eigenvalue weighted by molar-refractivity contribution is 0.397. The van der Waals surface area contributed by atoms with Gasteiger partial charge in [-0.05, 0) is 31.4 Å². The van der Waals surface area contributed by atoms with E-state index in [1.54, 1.807) is 7.11 Å². The molecular weight excluding hydrogens is 284 g/mol. The molecule has 0 aliphatic rings. The Kier molecular flexibility index (Phi) is 5.51. The van der Waals surface area contributed by atoms with Gasteiger partial charge in [-0.25, -0.2) is 4.98 Å². The fourth-order valence-electron chi connectivity index (χ4n) is 2.91. The Morgan fingerprint density at radius 2 is 2.10 bits per heavy atom. The number of rotatable bonds is 7. The van der Waals surface area contributed by atoms with Crippen LogP contribution in [0.25, 0.3) is 11.0 Å². The van der Waals surface area contributed by atoms with Crippen LogP contribution in [0.1, 0.15) is 45.5 Å². The van der Waals surface area contributed by atoms with Gasteiger partial charge in [0.25, 0.3) is 0 Å². The minimum atomic E-state index is 0.412. The van der Waals surface area contributed by atoms with Gasteiger partial charge in [-0.3, -0.25) is 0 Å². The van der Waals surface area contributed by atoms with E-state index in [0.29, 0.717) is 17.8 Å². The third-order valence-corrected chi connectivity index (χ3v) is 4.36. The molecule has 0 bridgehead atoms. The zero-order chi connectivity index (χ0) is 15.4. The number of imidazole rings is 1. The third kappa shape index (κ3) is 3.34. The summed E-state index contributed by atoms with van der Waals surface area (Å²) in [6.45, 7) is 6.81. The number of hydrogen-bond acceptors (Lipinski definition) is 2. The van der Waals surface area contributed by atoms with E-state index in [1.807, 2.05) is 12.1 Å². The van der Waals surface area contributed by atoms with Crippen LogP contribution in [0.15, 0.2) is 18.2 Å². The van der Waals surface area contributed by atoms with Crippen LogP contribution in [0.2, 0.25) is 0 Å². The normalized spacial score (nSPS) is 14.3. The van der Waals surface area contributed by atoms with E-state index in [-0.39, 0.29) is 0 Å². The van der Waals surface area contributed by atoms with Crippen LogP contribution in [0.5, 0.6) is 5.75 Å². The molecule has 0 spiro atoms. The molecule has 1 aromatic heterocycles. The molecule has 0 fully saturated rings. The van der Waals surface area contributed by atoms with Crippen LogP contribution >= 0.6 is 11.6 Å². The molecule has 0 radical (unpaired) electrons. The molecular formula is C17H25ClN2O. The summed E-state index contributed by atoms with van der Waals surface area (Å²) in [7, 11) is 1.69. The highest BCUT2D eigenvalue weighted by Crippen LogP contribution is 2.31. The highest BCUT2D eigenvalue weighted by atomic mass is 35.5. The number of aromatic nitrogens is 2. The van der Waals surface area contributed by atoms with Crippen molar-refractivity contribution < 1.29 is 4.74 Å². The zero-order valence-corrected chi connectivity index (χ0v) is 14.2. The van der Waals surface area contributed by atoms with E-state index in [0.717, 1.165) is 35.4 Å². The summed E-state index contributed by atoms with van der Waals surface area (Å²) in [5.74, 6) is 3.17. The average Bonchev–Trinajstić information content (AvgIpc) is 2.85. The minimum absolute atomic E-state index is 0.412. The van der Waals surface area contributed by atoms with Crippen LogP contribution in [0, 0.1) is 5.92 Å². The predicted molar refractivity (Wildman–Crippen MR) is 89.5 cm³/mol. The van der Waals surface area contributed by atoms with E-state index in [1.165, 1.54) is 6.42 Å². The van der Waals surface area contributed by atoms with Gasteiger partial charge in [0.1, 0.15) is 17.1 Å². The number of hydrogen-bond donors (Lipinski definition) is 0. The number of aryl methyl sites for hydroxylation is 1. The topological polar surface area (TPSA) is 27.1 Å². The Balaban J connectivity index is 2.50. The van der Waals surface area contributed by atoms with Gasteiger partial charge < -0.3 is 9.30 Å². The molecule has 0 saturated heterocycles. The number of fused-ring (bicyclic) bond motifs is 1. The van der Waals surface area contributed by atoms with Gasteiger partial charge in [-0.2, -0.15) is 0 Å². The van der Waals surface area contributed by atoms with Crippen molar-refractivity contribution in [3.8, 4) is 5.75 Å². The summed E-state index contributed by atoms with van der Waals surface area (Å²) in [4.78, 5) is 4.78. The lowest BCUT2D eigenvalue weighted by atomic mass is 10.00. The SMILES string of the molecule is CCC(C)CC(C)n1c(CCCl)nc2c(OC)cccc21. The van der Waals surface area contributed by atoms with Crippen LogP contribution in [-0.2, 0) is 6.42 Å². The monoisotopic (exact) mass is 308 g/mol. The molecule has 0 saturated carbocycles. The highest BCUT2D eigenvalue weighted by molar-refractivity contribution is 6.17. The van der Waals surface area contributed by atoms with E-state index < -0.39 is 0 Å². The minimum Gasteiger partial charge on any atom is -0.494 e.